The summed E-state index contributed by atoms with van der Waals surface area (Å²) in [6.07, 6.45) is 3.84. The molecule has 0 fully saturated rings. The maximum Gasteiger partial charge on any atom is 0.198 e. The Labute approximate surface area is 110 Å². The number of halogens is 1. The first-order valence-corrected chi connectivity index (χ1v) is 6.12. The van der Waals surface area contributed by atoms with Crippen LogP contribution in [0, 0.1) is 0 Å². The molecule has 0 aliphatic heterocycles. The minimum absolute atomic E-state index is 0.403. The highest BCUT2D eigenvalue weighted by Gasteiger charge is 2.15. The fourth-order valence-electron chi connectivity index (χ4n) is 2.24. The second kappa shape index (κ2) is 4.07. The van der Waals surface area contributed by atoms with Crippen LogP contribution in [-0.4, -0.2) is 0 Å². The van der Waals surface area contributed by atoms with Crippen molar-refractivity contribution in [1.82, 2.24) is 0 Å². The average molecular weight is 258 g/mol. The lowest BCUT2D eigenvalue weighted by Crippen LogP contribution is -1.83. The normalized spacial score (nSPS) is 11.9. The van der Waals surface area contributed by atoms with Crippen molar-refractivity contribution >= 4 is 45.3 Å². The molecule has 0 bridgehead atoms. The zero-order valence-corrected chi connectivity index (χ0v) is 10.7. The van der Waals surface area contributed by atoms with Crippen LogP contribution in [-0.2, 0) is 0 Å². The van der Waals surface area contributed by atoms with E-state index in [-0.39, 0.29) is 0 Å². The van der Waals surface area contributed by atoms with Crippen LogP contribution in [0.4, 0.5) is 5.88 Å². The van der Waals surface area contributed by atoms with Gasteiger partial charge in [-0.1, -0.05) is 48.0 Å². The number of hydrogen-bond acceptors (Lipinski definition) is 2. The van der Waals surface area contributed by atoms with Crippen LogP contribution in [0.2, 0.25) is 5.02 Å². The van der Waals surface area contributed by atoms with E-state index >= 15 is 0 Å². The van der Waals surface area contributed by atoms with Crippen molar-refractivity contribution in [2.24, 2.45) is 0 Å². The van der Waals surface area contributed by atoms with E-state index < -0.39 is 0 Å². The summed E-state index contributed by atoms with van der Waals surface area (Å²) in [6.45, 7) is 1.94. The summed E-state index contributed by atoms with van der Waals surface area (Å²) in [5, 5.41) is 3.64. The third-order valence-electron chi connectivity index (χ3n) is 3.04. The van der Waals surface area contributed by atoms with E-state index in [4.69, 9.17) is 21.8 Å². The summed E-state index contributed by atoms with van der Waals surface area (Å²) in [6, 6.07) is 9.93. The van der Waals surface area contributed by atoms with Crippen LogP contribution in [0.25, 0.3) is 27.8 Å². The minimum atomic E-state index is 0.403. The molecule has 0 amide bonds. The van der Waals surface area contributed by atoms with Crippen molar-refractivity contribution in [2.75, 3.05) is 5.73 Å². The summed E-state index contributed by atoms with van der Waals surface area (Å²) < 4.78 is 5.58. The quantitative estimate of drug-likeness (QED) is 0.676. The van der Waals surface area contributed by atoms with Gasteiger partial charge in [-0.2, -0.15) is 0 Å². The van der Waals surface area contributed by atoms with Crippen molar-refractivity contribution in [2.45, 2.75) is 6.92 Å². The van der Waals surface area contributed by atoms with Gasteiger partial charge in [0.25, 0.3) is 0 Å². The topological polar surface area (TPSA) is 39.2 Å². The fourth-order valence-corrected chi connectivity index (χ4v) is 2.61. The maximum atomic E-state index is 6.48. The zero-order chi connectivity index (χ0) is 12.7. The second-order valence-corrected chi connectivity index (χ2v) is 4.54. The predicted molar refractivity (Wildman–Crippen MR) is 77.9 cm³/mol. The Morgan fingerprint density at radius 3 is 2.83 bits per heavy atom. The van der Waals surface area contributed by atoms with Gasteiger partial charge in [0.15, 0.2) is 5.88 Å². The molecule has 3 heteroatoms. The number of anilines is 1. The van der Waals surface area contributed by atoms with Gasteiger partial charge in [0.1, 0.15) is 5.58 Å². The molecule has 3 rings (SSSR count). The zero-order valence-electron chi connectivity index (χ0n) is 9.91. The van der Waals surface area contributed by atoms with Crippen LogP contribution in [0.15, 0.2) is 40.8 Å². The molecule has 0 radical (unpaired) electrons. The molecule has 2 N–H and O–H groups in total. The lowest BCUT2D eigenvalue weighted by atomic mass is 10.1. The molecule has 0 saturated heterocycles. The molecule has 18 heavy (non-hydrogen) atoms. The smallest absolute Gasteiger partial charge is 0.198 e. The van der Waals surface area contributed by atoms with Gasteiger partial charge < -0.3 is 10.2 Å². The molecule has 0 unspecified atom stereocenters. The Morgan fingerprint density at radius 2 is 2.06 bits per heavy atom. The number of nitrogens with two attached hydrogens (primary N) is 1. The minimum Gasteiger partial charge on any atom is -0.440 e. The van der Waals surface area contributed by atoms with Crippen molar-refractivity contribution in [1.29, 1.82) is 0 Å². The van der Waals surface area contributed by atoms with Gasteiger partial charge in [0.05, 0.1) is 5.02 Å². The van der Waals surface area contributed by atoms with Gasteiger partial charge in [-0.3, -0.25) is 0 Å². The molecule has 90 valence electrons. The number of hydrogen-bond donors (Lipinski definition) is 1. The lowest BCUT2D eigenvalue weighted by Gasteiger charge is -2.02. The first-order chi connectivity index (χ1) is 8.72. The summed E-state index contributed by atoms with van der Waals surface area (Å²) in [5.74, 6) is 0.403. The Morgan fingerprint density at radius 1 is 1.28 bits per heavy atom. The molecular formula is C15H12ClNO. The Bertz CT molecular complexity index is 771. The molecule has 1 aromatic heterocycles. The van der Waals surface area contributed by atoms with Crippen molar-refractivity contribution in [3.63, 3.8) is 0 Å². The Hall–Kier alpha value is -1.93. The van der Waals surface area contributed by atoms with E-state index in [1.165, 1.54) is 0 Å². The summed E-state index contributed by atoms with van der Waals surface area (Å²) in [5.41, 5.74) is 7.47. The lowest BCUT2D eigenvalue weighted by molar-refractivity contribution is 0.637. The number of furan rings is 1. The standard InChI is InChI=1S/C15H12ClNO/c1-2-5-11-13-12(18-15(11)17)8-9-6-3-4-7-10(9)14(13)16/h2-8H,17H2,1H3/b5-2-. The van der Waals surface area contributed by atoms with Crippen LogP contribution in [0.3, 0.4) is 0 Å². The largest absolute Gasteiger partial charge is 0.440 e. The van der Waals surface area contributed by atoms with Gasteiger partial charge in [0.2, 0.25) is 0 Å². The predicted octanol–water partition coefficient (Wildman–Crippen LogP) is 4.85. The van der Waals surface area contributed by atoms with Gasteiger partial charge in [0, 0.05) is 16.3 Å². The SMILES string of the molecule is C/C=C\c1c(N)oc2cc3ccccc3c(Cl)c12. The van der Waals surface area contributed by atoms with Gasteiger partial charge in [-0.25, -0.2) is 0 Å². The Kier molecular flexibility index (Phi) is 2.53. The first kappa shape index (κ1) is 11.2. The number of benzene rings is 2. The van der Waals surface area contributed by atoms with E-state index in [0.29, 0.717) is 10.9 Å². The van der Waals surface area contributed by atoms with Gasteiger partial charge in [-0.15, -0.1) is 0 Å². The molecule has 0 saturated carbocycles. The summed E-state index contributed by atoms with van der Waals surface area (Å²) in [7, 11) is 0. The number of allylic oxidation sites excluding steroid dienone is 1. The number of nitrogen functional groups attached to an aromatic ring is 1. The van der Waals surface area contributed by atoms with Crippen LogP contribution >= 0.6 is 11.6 Å². The summed E-state index contributed by atoms with van der Waals surface area (Å²) in [4.78, 5) is 0. The summed E-state index contributed by atoms with van der Waals surface area (Å²) >= 11 is 6.48. The molecule has 1 heterocycles. The fraction of sp³-hybridized carbons (Fsp3) is 0.0667. The van der Waals surface area contributed by atoms with E-state index in [0.717, 1.165) is 27.3 Å². The molecular weight excluding hydrogens is 246 g/mol. The van der Waals surface area contributed by atoms with Crippen LogP contribution < -0.4 is 5.73 Å². The molecule has 0 aliphatic carbocycles. The molecule has 2 nitrogen and oxygen atoms in total. The molecule has 3 aromatic rings. The molecule has 0 aliphatic rings. The van der Waals surface area contributed by atoms with Crippen LogP contribution in [0.5, 0.6) is 0 Å². The average Bonchev–Trinajstić information content (AvgIpc) is 2.67. The highest BCUT2D eigenvalue weighted by atomic mass is 35.5. The first-order valence-electron chi connectivity index (χ1n) is 5.74. The highest BCUT2D eigenvalue weighted by Crippen LogP contribution is 2.39. The maximum absolute atomic E-state index is 6.48. The van der Waals surface area contributed by atoms with Crippen molar-refractivity contribution in [3.8, 4) is 0 Å². The van der Waals surface area contributed by atoms with E-state index in [9.17, 15) is 0 Å². The molecule has 0 spiro atoms. The monoisotopic (exact) mass is 257 g/mol. The van der Waals surface area contributed by atoms with Crippen LogP contribution in [0.1, 0.15) is 12.5 Å². The Balaban J connectivity index is 2.53. The van der Waals surface area contributed by atoms with Gasteiger partial charge in [-0.05, 0) is 18.4 Å². The second-order valence-electron chi connectivity index (χ2n) is 4.16. The third kappa shape index (κ3) is 1.50. The van der Waals surface area contributed by atoms with Crippen molar-refractivity contribution < 1.29 is 4.42 Å². The van der Waals surface area contributed by atoms with E-state index in [2.05, 4.69) is 0 Å². The van der Waals surface area contributed by atoms with Crippen molar-refractivity contribution in [3.05, 3.63) is 47.0 Å². The van der Waals surface area contributed by atoms with E-state index in [1.54, 1.807) is 0 Å². The molecule has 2 aromatic carbocycles. The number of rotatable bonds is 1. The molecule has 0 atom stereocenters. The highest BCUT2D eigenvalue weighted by molar-refractivity contribution is 6.41. The number of fused-ring (bicyclic) bond motifs is 2. The van der Waals surface area contributed by atoms with E-state index in [1.807, 2.05) is 49.4 Å². The van der Waals surface area contributed by atoms with Gasteiger partial charge >= 0.3 is 0 Å². The third-order valence-corrected chi connectivity index (χ3v) is 3.43.